The van der Waals surface area contributed by atoms with Crippen LogP contribution in [0.15, 0.2) is 97.1 Å². The molecule has 1 heterocycles. The molecule has 5 heteroatoms. The SMILES string of the molecule is CCCCN(CCOc1ccc(CC2c3ccc(O)cc3CCN2c2ccc(F)cc2)cc1)Cc1ccccc1. The zero-order valence-corrected chi connectivity index (χ0v) is 23.3. The molecule has 0 aromatic heterocycles. The van der Waals surface area contributed by atoms with Crippen LogP contribution in [-0.4, -0.2) is 36.2 Å². The molecule has 5 rings (SSSR count). The van der Waals surface area contributed by atoms with Crippen molar-refractivity contribution in [2.45, 2.75) is 45.2 Å². The number of phenols is 1. The van der Waals surface area contributed by atoms with Crippen LogP contribution in [0.25, 0.3) is 0 Å². The van der Waals surface area contributed by atoms with E-state index < -0.39 is 0 Å². The van der Waals surface area contributed by atoms with E-state index in [1.165, 1.54) is 47.2 Å². The van der Waals surface area contributed by atoms with Crippen LogP contribution in [0.1, 0.15) is 48.1 Å². The van der Waals surface area contributed by atoms with Gasteiger partial charge in [0.1, 0.15) is 23.9 Å². The maximum absolute atomic E-state index is 13.6. The van der Waals surface area contributed by atoms with Crippen molar-refractivity contribution >= 4 is 5.69 Å². The molecular weight excluding hydrogens is 499 g/mol. The van der Waals surface area contributed by atoms with Gasteiger partial charge in [-0.1, -0.05) is 61.9 Å². The molecule has 1 atom stereocenters. The Morgan fingerprint density at radius 3 is 2.42 bits per heavy atom. The highest BCUT2D eigenvalue weighted by molar-refractivity contribution is 5.53. The zero-order chi connectivity index (χ0) is 27.7. The molecular formula is C35H39FN2O2. The molecule has 1 unspecified atom stereocenters. The van der Waals surface area contributed by atoms with Crippen molar-refractivity contribution in [3.05, 3.63) is 125 Å². The molecule has 0 saturated heterocycles. The van der Waals surface area contributed by atoms with Crippen molar-refractivity contribution in [3.8, 4) is 11.5 Å². The van der Waals surface area contributed by atoms with Gasteiger partial charge in [-0.2, -0.15) is 0 Å². The van der Waals surface area contributed by atoms with Gasteiger partial charge in [0.25, 0.3) is 0 Å². The second-order valence-corrected chi connectivity index (χ2v) is 10.6. The fourth-order valence-electron chi connectivity index (χ4n) is 5.59. The lowest BCUT2D eigenvalue weighted by Gasteiger charge is -2.39. The fraction of sp³-hybridized carbons (Fsp3) is 0.314. The number of aromatic hydroxyl groups is 1. The normalized spacial score (nSPS) is 14.8. The number of unbranched alkanes of at least 4 members (excludes halogenated alkanes) is 1. The predicted octanol–water partition coefficient (Wildman–Crippen LogP) is 7.56. The second kappa shape index (κ2) is 13.5. The maximum Gasteiger partial charge on any atom is 0.123 e. The number of nitrogens with zero attached hydrogens (tertiary/aromatic N) is 2. The van der Waals surface area contributed by atoms with Crippen molar-refractivity contribution in [1.82, 2.24) is 4.90 Å². The first-order valence-corrected chi connectivity index (χ1v) is 14.4. The van der Waals surface area contributed by atoms with Crippen LogP contribution in [0, 0.1) is 5.82 Å². The van der Waals surface area contributed by atoms with Gasteiger partial charge >= 0.3 is 0 Å². The Labute approximate surface area is 237 Å². The first kappa shape index (κ1) is 27.7. The molecule has 4 aromatic carbocycles. The smallest absolute Gasteiger partial charge is 0.123 e. The summed E-state index contributed by atoms with van der Waals surface area (Å²) in [6, 6.07) is 31.5. The van der Waals surface area contributed by atoms with Crippen LogP contribution in [0.5, 0.6) is 11.5 Å². The van der Waals surface area contributed by atoms with Crippen LogP contribution >= 0.6 is 0 Å². The molecule has 40 heavy (non-hydrogen) atoms. The van der Waals surface area contributed by atoms with Crippen molar-refractivity contribution in [3.63, 3.8) is 0 Å². The molecule has 4 aromatic rings. The molecule has 1 N–H and O–H groups in total. The highest BCUT2D eigenvalue weighted by Crippen LogP contribution is 2.37. The molecule has 0 amide bonds. The lowest BCUT2D eigenvalue weighted by atomic mass is 9.88. The number of benzene rings is 4. The van der Waals surface area contributed by atoms with E-state index in [-0.39, 0.29) is 11.9 Å². The summed E-state index contributed by atoms with van der Waals surface area (Å²) < 4.78 is 19.8. The van der Waals surface area contributed by atoms with E-state index in [2.05, 4.69) is 71.3 Å². The highest BCUT2D eigenvalue weighted by atomic mass is 19.1. The van der Waals surface area contributed by atoms with Crippen LogP contribution in [0.4, 0.5) is 10.1 Å². The van der Waals surface area contributed by atoms with E-state index in [9.17, 15) is 9.50 Å². The van der Waals surface area contributed by atoms with Crippen molar-refractivity contribution in [2.75, 3.05) is 31.1 Å². The molecule has 1 aliphatic rings. The summed E-state index contributed by atoms with van der Waals surface area (Å²) in [5.74, 6) is 0.946. The number of anilines is 1. The minimum Gasteiger partial charge on any atom is -0.508 e. The average Bonchev–Trinajstić information content (AvgIpc) is 2.98. The molecule has 208 valence electrons. The molecule has 4 nitrogen and oxygen atoms in total. The Morgan fingerprint density at radius 1 is 0.900 bits per heavy atom. The van der Waals surface area contributed by atoms with Gasteiger partial charge in [-0.3, -0.25) is 4.90 Å². The van der Waals surface area contributed by atoms with Gasteiger partial charge < -0.3 is 14.7 Å². The molecule has 0 aliphatic carbocycles. The van der Waals surface area contributed by atoms with Gasteiger partial charge in [0.05, 0.1) is 6.04 Å². The highest BCUT2D eigenvalue weighted by Gasteiger charge is 2.28. The summed E-state index contributed by atoms with van der Waals surface area (Å²) in [6.45, 7) is 6.58. The molecule has 0 fully saturated rings. The van der Waals surface area contributed by atoms with E-state index >= 15 is 0 Å². The van der Waals surface area contributed by atoms with Gasteiger partial charge in [0.2, 0.25) is 0 Å². The van der Waals surface area contributed by atoms with Gasteiger partial charge in [-0.25, -0.2) is 4.39 Å². The Morgan fingerprint density at radius 2 is 1.68 bits per heavy atom. The Kier molecular flexibility index (Phi) is 9.35. The van der Waals surface area contributed by atoms with E-state index in [1.54, 1.807) is 6.07 Å². The van der Waals surface area contributed by atoms with Crippen LogP contribution < -0.4 is 9.64 Å². The summed E-state index contributed by atoms with van der Waals surface area (Å²) in [6.07, 6.45) is 4.00. The third kappa shape index (κ3) is 7.22. The summed E-state index contributed by atoms with van der Waals surface area (Å²) >= 11 is 0. The van der Waals surface area contributed by atoms with E-state index in [0.29, 0.717) is 12.4 Å². The first-order chi connectivity index (χ1) is 19.6. The summed E-state index contributed by atoms with van der Waals surface area (Å²) in [5, 5.41) is 10.1. The van der Waals surface area contributed by atoms with Crippen LogP contribution in [0.3, 0.4) is 0 Å². The minimum atomic E-state index is -0.230. The van der Waals surface area contributed by atoms with E-state index in [1.807, 2.05) is 24.3 Å². The van der Waals surface area contributed by atoms with Gasteiger partial charge in [-0.15, -0.1) is 0 Å². The average molecular weight is 539 g/mol. The first-order valence-electron chi connectivity index (χ1n) is 14.4. The van der Waals surface area contributed by atoms with Crippen molar-refractivity contribution in [1.29, 1.82) is 0 Å². The molecule has 0 saturated carbocycles. The Bertz CT molecular complexity index is 1340. The number of fused-ring (bicyclic) bond motifs is 1. The maximum atomic E-state index is 13.6. The quantitative estimate of drug-likeness (QED) is 0.202. The third-order valence-corrected chi connectivity index (χ3v) is 7.75. The Hall–Kier alpha value is -3.83. The molecule has 0 radical (unpaired) electrons. The number of rotatable bonds is 12. The molecule has 0 spiro atoms. The van der Waals surface area contributed by atoms with Gasteiger partial charge in [0, 0.05) is 25.3 Å². The van der Waals surface area contributed by atoms with Crippen molar-refractivity contribution < 1.29 is 14.2 Å². The predicted molar refractivity (Wildman–Crippen MR) is 161 cm³/mol. The van der Waals surface area contributed by atoms with Crippen LogP contribution in [0.2, 0.25) is 0 Å². The third-order valence-electron chi connectivity index (χ3n) is 7.75. The number of halogens is 1. The van der Waals surface area contributed by atoms with Gasteiger partial charge in [0.15, 0.2) is 0 Å². The summed E-state index contributed by atoms with van der Waals surface area (Å²) in [7, 11) is 0. The zero-order valence-electron chi connectivity index (χ0n) is 23.3. The lowest BCUT2D eigenvalue weighted by molar-refractivity contribution is 0.200. The minimum absolute atomic E-state index is 0.0895. The van der Waals surface area contributed by atoms with Gasteiger partial charge in [-0.05, 0) is 96.6 Å². The number of hydrogen-bond acceptors (Lipinski definition) is 4. The number of hydrogen-bond donors (Lipinski definition) is 1. The fourth-order valence-corrected chi connectivity index (χ4v) is 5.59. The Balaban J connectivity index is 1.24. The van der Waals surface area contributed by atoms with E-state index in [4.69, 9.17) is 4.74 Å². The standard InChI is InChI=1S/C35H39FN2O2/c1-2-3-20-37(26-28-7-5-4-6-8-28)22-23-40-33-16-9-27(10-17-33)24-35-34-18-15-32(39)25-29(34)19-21-38(35)31-13-11-30(36)12-14-31/h4-18,25,35,39H,2-3,19-24,26H2,1H3. The topological polar surface area (TPSA) is 35.9 Å². The molecule has 0 bridgehead atoms. The van der Waals surface area contributed by atoms with Crippen LogP contribution in [-0.2, 0) is 19.4 Å². The molecule has 1 aliphatic heterocycles. The second-order valence-electron chi connectivity index (χ2n) is 10.6. The number of ether oxygens (including phenoxy) is 1. The lowest BCUT2D eigenvalue weighted by Crippen LogP contribution is -2.36. The summed E-state index contributed by atoms with van der Waals surface area (Å²) in [5.41, 5.74) is 5.93. The van der Waals surface area contributed by atoms with Crippen molar-refractivity contribution in [2.24, 2.45) is 0 Å². The largest absolute Gasteiger partial charge is 0.508 e. The number of phenolic OH excluding ortho intramolecular Hbond substituents is 1. The van der Waals surface area contributed by atoms with E-state index in [0.717, 1.165) is 50.5 Å². The monoisotopic (exact) mass is 538 g/mol. The summed E-state index contributed by atoms with van der Waals surface area (Å²) in [4.78, 5) is 4.82.